The first-order valence-electron chi connectivity index (χ1n) is 8.14. The highest BCUT2D eigenvalue weighted by Crippen LogP contribution is 2.20. The number of nitrogens with zero attached hydrogens (tertiary/aromatic N) is 3. The number of likely N-dealkylation sites (tertiary alicyclic amines) is 1. The van der Waals surface area contributed by atoms with Gasteiger partial charge in [-0.1, -0.05) is 41.3 Å². The standard InChI is InChI=1S/C17H20FN3OS2/c1-12-6-7-13(11-14(12)18)16-19-15(22-20-16)5-4-10-24-17(23)21-8-2-3-9-21/h6-7,11H,2-5,8-10H2,1H3. The van der Waals surface area contributed by atoms with E-state index in [-0.39, 0.29) is 5.82 Å². The molecule has 24 heavy (non-hydrogen) atoms. The topological polar surface area (TPSA) is 42.2 Å². The van der Waals surface area contributed by atoms with Crippen molar-refractivity contribution >= 4 is 28.3 Å². The highest BCUT2D eigenvalue weighted by Gasteiger charge is 2.15. The molecule has 1 fully saturated rings. The molecule has 1 aliphatic heterocycles. The van der Waals surface area contributed by atoms with E-state index in [4.69, 9.17) is 16.7 Å². The number of aryl methyl sites for hydroxylation is 2. The molecule has 1 aromatic heterocycles. The number of rotatable bonds is 5. The molecule has 1 saturated heterocycles. The number of hydrogen-bond donors (Lipinski definition) is 0. The van der Waals surface area contributed by atoms with E-state index in [0.29, 0.717) is 29.3 Å². The third-order valence-electron chi connectivity index (χ3n) is 4.02. The molecule has 0 spiro atoms. The first-order valence-corrected chi connectivity index (χ1v) is 9.53. The van der Waals surface area contributed by atoms with Gasteiger partial charge in [-0.05, 0) is 37.8 Å². The predicted molar refractivity (Wildman–Crippen MR) is 98.6 cm³/mol. The van der Waals surface area contributed by atoms with Crippen molar-refractivity contribution in [3.8, 4) is 11.4 Å². The number of benzene rings is 1. The van der Waals surface area contributed by atoms with E-state index >= 15 is 0 Å². The van der Waals surface area contributed by atoms with Crippen LogP contribution in [0.2, 0.25) is 0 Å². The largest absolute Gasteiger partial charge is 0.358 e. The average Bonchev–Trinajstić information content (AvgIpc) is 3.25. The Morgan fingerprint density at radius 3 is 2.92 bits per heavy atom. The van der Waals surface area contributed by atoms with Crippen molar-refractivity contribution < 1.29 is 8.91 Å². The Morgan fingerprint density at radius 1 is 1.38 bits per heavy atom. The predicted octanol–water partition coefficient (Wildman–Crippen LogP) is 4.23. The molecular formula is C17H20FN3OS2. The van der Waals surface area contributed by atoms with Crippen molar-refractivity contribution in [3.63, 3.8) is 0 Å². The zero-order valence-corrected chi connectivity index (χ0v) is 15.3. The van der Waals surface area contributed by atoms with Gasteiger partial charge in [0.2, 0.25) is 11.7 Å². The molecular weight excluding hydrogens is 345 g/mol. The molecule has 4 nitrogen and oxygen atoms in total. The monoisotopic (exact) mass is 365 g/mol. The van der Waals surface area contributed by atoms with Crippen molar-refractivity contribution in [2.75, 3.05) is 18.8 Å². The van der Waals surface area contributed by atoms with Crippen molar-refractivity contribution in [2.24, 2.45) is 0 Å². The fourth-order valence-corrected chi connectivity index (χ4v) is 3.84. The van der Waals surface area contributed by atoms with Gasteiger partial charge in [0.1, 0.15) is 10.1 Å². The van der Waals surface area contributed by atoms with Crippen LogP contribution in [0.5, 0.6) is 0 Å². The lowest BCUT2D eigenvalue weighted by molar-refractivity contribution is 0.378. The summed E-state index contributed by atoms with van der Waals surface area (Å²) < 4.78 is 19.9. The van der Waals surface area contributed by atoms with E-state index in [9.17, 15) is 4.39 Å². The molecule has 3 rings (SSSR count). The molecule has 0 saturated carbocycles. The summed E-state index contributed by atoms with van der Waals surface area (Å²) in [6.07, 6.45) is 4.11. The Hall–Kier alpha value is -1.47. The lowest BCUT2D eigenvalue weighted by atomic mass is 10.1. The van der Waals surface area contributed by atoms with Gasteiger partial charge in [-0.3, -0.25) is 0 Å². The van der Waals surface area contributed by atoms with Gasteiger partial charge in [-0.2, -0.15) is 4.98 Å². The van der Waals surface area contributed by atoms with Crippen LogP contribution in [-0.4, -0.2) is 38.2 Å². The molecule has 0 bridgehead atoms. The normalized spacial score (nSPS) is 14.3. The molecule has 2 aromatic rings. The molecule has 1 aromatic carbocycles. The van der Waals surface area contributed by atoms with Crippen molar-refractivity contribution in [1.29, 1.82) is 0 Å². The molecule has 0 unspecified atom stereocenters. The van der Waals surface area contributed by atoms with Crippen LogP contribution in [0.3, 0.4) is 0 Å². The Labute approximate surface area is 150 Å². The SMILES string of the molecule is Cc1ccc(-c2noc(CCCSC(=S)N3CCCC3)n2)cc1F. The maximum atomic E-state index is 13.6. The fourth-order valence-electron chi connectivity index (χ4n) is 2.58. The van der Waals surface area contributed by atoms with Crippen molar-refractivity contribution in [2.45, 2.75) is 32.6 Å². The van der Waals surface area contributed by atoms with Gasteiger partial charge in [0.15, 0.2) is 0 Å². The number of thiocarbonyl (C=S) groups is 1. The Morgan fingerprint density at radius 2 is 2.17 bits per heavy atom. The molecule has 2 heterocycles. The van der Waals surface area contributed by atoms with Crippen LogP contribution >= 0.6 is 24.0 Å². The maximum absolute atomic E-state index is 13.6. The minimum absolute atomic E-state index is 0.259. The van der Waals surface area contributed by atoms with Gasteiger partial charge >= 0.3 is 0 Å². The van der Waals surface area contributed by atoms with Gasteiger partial charge in [-0.15, -0.1) is 0 Å². The highest BCUT2D eigenvalue weighted by molar-refractivity contribution is 8.22. The third-order valence-corrected chi connectivity index (χ3v) is 5.63. The maximum Gasteiger partial charge on any atom is 0.226 e. The van der Waals surface area contributed by atoms with Gasteiger partial charge < -0.3 is 9.42 Å². The molecule has 0 aliphatic carbocycles. The van der Waals surface area contributed by atoms with Gasteiger partial charge in [0.25, 0.3) is 0 Å². The first-order chi connectivity index (χ1) is 11.6. The van der Waals surface area contributed by atoms with E-state index in [0.717, 1.165) is 29.6 Å². The summed E-state index contributed by atoms with van der Waals surface area (Å²) in [5.41, 5.74) is 1.24. The summed E-state index contributed by atoms with van der Waals surface area (Å²) in [6, 6.07) is 4.96. The Bertz CT molecular complexity index is 714. The molecule has 128 valence electrons. The van der Waals surface area contributed by atoms with Crippen LogP contribution in [0.4, 0.5) is 4.39 Å². The summed E-state index contributed by atoms with van der Waals surface area (Å²) in [5.74, 6) is 1.69. The third kappa shape index (κ3) is 4.33. The second-order valence-electron chi connectivity index (χ2n) is 5.89. The van der Waals surface area contributed by atoms with Gasteiger partial charge in [0, 0.05) is 30.8 Å². The summed E-state index contributed by atoms with van der Waals surface area (Å²) in [7, 11) is 0. The fraction of sp³-hybridized carbons (Fsp3) is 0.471. The number of hydrogen-bond acceptors (Lipinski definition) is 5. The molecule has 1 aliphatic rings. The van der Waals surface area contributed by atoms with E-state index in [2.05, 4.69) is 15.0 Å². The van der Waals surface area contributed by atoms with E-state index in [1.165, 1.54) is 18.9 Å². The highest BCUT2D eigenvalue weighted by atomic mass is 32.2. The van der Waals surface area contributed by atoms with Crippen LogP contribution in [0.1, 0.15) is 30.7 Å². The minimum atomic E-state index is -0.259. The first kappa shape index (κ1) is 17.4. The molecule has 0 atom stereocenters. The van der Waals surface area contributed by atoms with Gasteiger partial charge in [-0.25, -0.2) is 4.39 Å². The summed E-state index contributed by atoms with van der Waals surface area (Å²) in [4.78, 5) is 6.62. The van der Waals surface area contributed by atoms with Crippen LogP contribution in [0, 0.1) is 12.7 Å². The second-order valence-corrected chi connectivity index (χ2v) is 7.62. The smallest absolute Gasteiger partial charge is 0.226 e. The lowest BCUT2D eigenvalue weighted by Gasteiger charge is -2.17. The zero-order chi connectivity index (χ0) is 16.9. The van der Waals surface area contributed by atoms with Crippen LogP contribution < -0.4 is 0 Å². The second kappa shape index (κ2) is 8.07. The summed E-state index contributed by atoms with van der Waals surface area (Å²) in [5, 5.41) is 3.94. The Kier molecular flexibility index (Phi) is 5.84. The zero-order valence-electron chi connectivity index (χ0n) is 13.6. The molecule has 0 radical (unpaired) electrons. The molecule has 0 N–H and O–H groups in total. The van der Waals surface area contributed by atoms with Crippen LogP contribution in [0.25, 0.3) is 11.4 Å². The molecule has 0 amide bonds. The summed E-state index contributed by atoms with van der Waals surface area (Å²) >= 11 is 7.15. The van der Waals surface area contributed by atoms with Crippen molar-refractivity contribution in [3.05, 3.63) is 35.5 Å². The van der Waals surface area contributed by atoms with E-state index in [1.807, 2.05) is 0 Å². The van der Waals surface area contributed by atoms with E-state index in [1.54, 1.807) is 30.8 Å². The number of aromatic nitrogens is 2. The Balaban J connectivity index is 1.47. The van der Waals surface area contributed by atoms with Gasteiger partial charge in [0.05, 0.1) is 0 Å². The molecule has 7 heteroatoms. The quantitative estimate of drug-likeness (QED) is 0.583. The van der Waals surface area contributed by atoms with Crippen LogP contribution in [0.15, 0.2) is 22.7 Å². The summed E-state index contributed by atoms with van der Waals surface area (Å²) in [6.45, 7) is 3.91. The minimum Gasteiger partial charge on any atom is -0.358 e. The number of halogens is 1. The van der Waals surface area contributed by atoms with E-state index < -0.39 is 0 Å². The van der Waals surface area contributed by atoms with Crippen LogP contribution in [-0.2, 0) is 6.42 Å². The number of thioether (sulfide) groups is 1. The lowest BCUT2D eigenvalue weighted by Crippen LogP contribution is -2.23. The van der Waals surface area contributed by atoms with Crippen molar-refractivity contribution in [1.82, 2.24) is 15.0 Å². The average molecular weight is 365 g/mol.